The molecule has 0 fully saturated rings. The Bertz CT molecular complexity index is 3500. The Morgan fingerprint density at radius 1 is 0.286 bits per heavy atom. The third-order valence-corrected chi connectivity index (χ3v) is 17.9. The first kappa shape index (κ1) is 36.8. The maximum absolute atomic E-state index is 2.97. The predicted molar refractivity (Wildman–Crippen MR) is 270 cm³/mol. The summed E-state index contributed by atoms with van der Waals surface area (Å²) >= 11 is 0. The molecule has 0 amide bonds. The second-order valence-corrected chi connectivity index (χ2v) is 20.2. The lowest BCUT2D eigenvalue weighted by molar-refractivity contribution is 1.17. The summed E-state index contributed by atoms with van der Waals surface area (Å²) in [7, 11) is -2.97. The van der Waals surface area contributed by atoms with Crippen LogP contribution in [0.5, 0.6) is 0 Å². The van der Waals surface area contributed by atoms with Gasteiger partial charge >= 0.3 is 0 Å². The van der Waals surface area contributed by atoms with E-state index in [0.29, 0.717) is 0 Å². The first-order chi connectivity index (χ1) is 31.3. The van der Waals surface area contributed by atoms with Crippen molar-refractivity contribution in [3.8, 4) is 33.6 Å². The van der Waals surface area contributed by atoms with Crippen LogP contribution in [0, 0.1) is 0 Å². The molecule has 2 heterocycles. The summed E-state index contributed by atoms with van der Waals surface area (Å²) in [4.78, 5) is 0. The molecule has 0 atom stereocenters. The summed E-state index contributed by atoms with van der Waals surface area (Å²) in [5.41, 5.74) is 11.8. The van der Waals surface area contributed by atoms with Crippen LogP contribution in [0.25, 0.3) is 77.2 Å². The van der Waals surface area contributed by atoms with Gasteiger partial charge < -0.3 is 9.13 Å². The topological polar surface area (TPSA) is 9.86 Å². The molecule has 0 unspecified atom stereocenters. The molecule has 2 aromatic heterocycles. The molecular weight excluding hydrogens is 777 g/mol. The summed E-state index contributed by atoms with van der Waals surface area (Å²) in [6.07, 6.45) is 0. The number of hydrogen-bond donors (Lipinski definition) is 0. The molecule has 12 rings (SSSR count). The molecule has 296 valence electrons. The number of fused-ring (bicyclic) bond motifs is 6. The van der Waals surface area contributed by atoms with Gasteiger partial charge in [0.25, 0.3) is 0 Å². The first-order valence-electron chi connectivity index (χ1n) is 21.8. The number of nitrogens with zero attached hydrogens (tertiary/aromatic N) is 2. The molecule has 0 aliphatic rings. The van der Waals surface area contributed by atoms with Crippen LogP contribution in [0.4, 0.5) is 0 Å². The Balaban J connectivity index is 1.23. The number of hydrogen-bond acceptors (Lipinski definition) is 0. The minimum absolute atomic E-state index is 1.15. The lowest BCUT2D eigenvalue weighted by Gasteiger charge is -2.35. The van der Waals surface area contributed by atoms with Crippen molar-refractivity contribution in [2.24, 2.45) is 0 Å². The van der Waals surface area contributed by atoms with Gasteiger partial charge in [0.2, 0.25) is 0 Å². The molecule has 0 saturated heterocycles. The van der Waals surface area contributed by atoms with E-state index in [2.05, 4.69) is 264 Å². The van der Waals surface area contributed by atoms with Crippen LogP contribution in [0.3, 0.4) is 0 Å². The lowest BCUT2D eigenvalue weighted by Crippen LogP contribution is -2.75. The van der Waals surface area contributed by atoms with E-state index in [4.69, 9.17) is 0 Å². The predicted octanol–water partition coefficient (Wildman–Crippen LogP) is 12.6. The molecule has 0 aliphatic heterocycles. The molecular formula is C60H42N2Si. The molecule has 0 radical (unpaired) electrons. The molecule has 0 N–H and O–H groups in total. The van der Waals surface area contributed by atoms with E-state index < -0.39 is 8.07 Å². The van der Waals surface area contributed by atoms with E-state index >= 15 is 0 Å². The van der Waals surface area contributed by atoms with E-state index in [9.17, 15) is 0 Å². The van der Waals surface area contributed by atoms with E-state index in [-0.39, 0.29) is 0 Å². The van der Waals surface area contributed by atoms with Crippen LogP contribution in [0.15, 0.2) is 255 Å². The zero-order valence-corrected chi connectivity index (χ0v) is 35.6. The minimum Gasteiger partial charge on any atom is -0.309 e. The first-order valence-corrected chi connectivity index (χ1v) is 23.8. The highest BCUT2D eigenvalue weighted by atomic mass is 28.3. The SMILES string of the molecule is c1ccc(-c2ccc(-c3ccccc3)c(-n3c4ccccc4c4c(-n5c6ccccc6c6cccc([Si](c7ccccc7)(c7ccccc7)c7ccccc7)c65)cccc43)c2)cc1. The molecule has 0 bridgehead atoms. The smallest absolute Gasteiger partial charge is 0.181 e. The van der Waals surface area contributed by atoms with Gasteiger partial charge in [-0.05, 0) is 67.8 Å². The zero-order chi connectivity index (χ0) is 41.7. The summed E-state index contributed by atoms with van der Waals surface area (Å²) < 4.78 is 5.11. The average molecular weight is 819 g/mol. The van der Waals surface area contributed by atoms with Crippen molar-refractivity contribution in [1.82, 2.24) is 9.13 Å². The number of benzene rings is 10. The third kappa shape index (κ3) is 5.78. The standard InChI is InChI=1S/C60H42N2Si/c1-6-22-43(23-7-1)45-40-41-49(44-24-8-2-9-25-44)57(42-45)61-54-36-19-17-33-52(54)59-55(61)37-21-38-56(59)62-53-35-18-16-32-50(53)51-34-20-39-58(60(51)62)63(46-26-10-3-11-27-46,47-28-12-4-13-29-47)48-30-14-5-15-31-48/h1-42H. The van der Waals surface area contributed by atoms with Crippen molar-refractivity contribution in [3.63, 3.8) is 0 Å². The number of aromatic nitrogens is 2. The van der Waals surface area contributed by atoms with E-state index in [1.54, 1.807) is 0 Å². The molecule has 12 aromatic rings. The average Bonchev–Trinajstić information content (AvgIpc) is 3.89. The van der Waals surface area contributed by atoms with Gasteiger partial charge in [-0.25, -0.2) is 0 Å². The maximum atomic E-state index is 2.61. The molecule has 3 heteroatoms. The fraction of sp³-hybridized carbons (Fsp3) is 0. The molecule has 0 aliphatic carbocycles. The van der Waals surface area contributed by atoms with Gasteiger partial charge in [-0.3, -0.25) is 0 Å². The number of para-hydroxylation sites is 3. The van der Waals surface area contributed by atoms with Crippen molar-refractivity contribution in [2.75, 3.05) is 0 Å². The third-order valence-electron chi connectivity index (χ3n) is 13.1. The molecule has 0 saturated carbocycles. The lowest BCUT2D eigenvalue weighted by atomic mass is 9.98. The Labute approximate surface area is 368 Å². The van der Waals surface area contributed by atoms with E-state index in [1.165, 1.54) is 86.8 Å². The van der Waals surface area contributed by atoms with Crippen molar-refractivity contribution < 1.29 is 0 Å². The Morgan fingerprint density at radius 2 is 0.762 bits per heavy atom. The molecule has 0 spiro atoms. The van der Waals surface area contributed by atoms with Crippen molar-refractivity contribution >= 4 is 72.4 Å². The van der Waals surface area contributed by atoms with Crippen LogP contribution >= 0.6 is 0 Å². The normalized spacial score (nSPS) is 11.8. The molecule has 63 heavy (non-hydrogen) atoms. The zero-order valence-electron chi connectivity index (χ0n) is 34.6. The van der Waals surface area contributed by atoms with Crippen LogP contribution in [-0.4, -0.2) is 17.2 Å². The summed E-state index contributed by atoms with van der Waals surface area (Å²) in [5, 5.41) is 10.4. The van der Waals surface area contributed by atoms with Crippen molar-refractivity contribution in [1.29, 1.82) is 0 Å². The largest absolute Gasteiger partial charge is 0.309 e. The summed E-state index contributed by atoms with van der Waals surface area (Å²) in [6, 6.07) is 94.3. The Morgan fingerprint density at radius 3 is 1.38 bits per heavy atom. The van der Waals surface area contributed by atoms with Crippen molar-refractivity contribution in [2.45, 2.75) is 0 Å². The second-order valence-electron chi connectivity index (χ2n) is 16.4. The second kappa shape index (κ2) is 15.2. The van der Waals surface area contributed by atoms with Gasteiger partial charge in [-0.15, -0.1) is 0 Å². The van der Waals surface area contributed by atoms with Crippen LogP contribution in [-0.2, 0) is 0 Å². The van der Waals surface area contributed by atoms with Crippen LogP contribution in [0.1, 0.15) is 0 Å². The monoisotopic (exact) mass is 818 g/mol. The summed E-state index contributed by atoms with van der Waals surface area (Å²) in [6.45, 7) is 0. The quantitative estimate of drug-likeness (QED) is 0.107. The fourth-order valence-electron chi connectivity index (χ4n) is 10.4. The van der Waals surface area contributed by atoms with Crippen LogP contribution < -0.4 is 20.7 Å². The highest BCUT2D eigenvalue weighted by Crippen LogP contribution is 2.42. The fourth-order valence-corrected chi connectivity index (χ4v) is 15.4. The van der Waals surface area contributed by atoms with E-state index in [1.807, 2.05) is 0 Å². The van der Waals surface area contributed by atoms with Crippen LogP contribution in [0.2, 0.25) is 0 Å². The maximum Gasteiger partial charge on any atom is 0.181 e. The number of rotatable bonds is 8. The highest BCUT2D eigenvalue weighted by molar-refractivity contribution is 7.20. The van der Waals surface area contributed by atoms with Gasteiger partial charge in [0, 0.05) is 27.1 Å². The van der Waals surface area contributed by atoms with Gasteiger partial charge in [0.15, 0.2) is 8.07 Å². The Hall–Kier alpha value is -7.98. The van der Waals surface area contributed by atoms with Gasteiger partial charge in [-0.1, -0.05) is 224 Å². The molecule has 10 aromatic carbocycles. The van der Waals surface area contributed by atoms with Gasteiger partial charge in [0.1, 0.15) is 0 Å². The highest BCUT2D eigenvalue weighted by Gasteiger charge is 2.43. The Kier molecular flexibility index (Phi) is 8.87. The summed E-state index contributed by atoms with van der Waals surface area (Å²) in [5.74, 6) is 0. The van der Waals surface area contributed by atoms with Crippen molar-refractivity contribution in [3.05, 3.63) is 255 Å². The minimum atomic E-state index is -2.97. The van der Waals surface area contributed by atoms with Gasteiger partial charge in [0.05, 0.1) is 33.4 Å². The molecule has 2 nitrogen and oxygen atoms in total. The van der Waals surface area contributed by atoms with E-state index in [0.717, 1.165) is 11.2 Å². The van der Waals surface area contributed by atoms with Gasteiger partial charge in [-0.2, -0.15) is 0 Å².